The molecule has 0 fully saturated rings. The third-order valence-electron chi connectivity index (χ3n) is 3.18. The monoisotopic (exact) mass is 271 g/mol. The molecule has 0 saturated heterocycles. The average Bonchev–Trinajstić information content (AvgIpc) is 2.39. The molecule has 1 heterocycles. The van der Waals surface area contributed by atoms with Gasteiger partial charge in [0.2, 0.25) is 5.88 Å². The van der Waals surface area contributed by atoms with Crippen molar-refractivity contribution in [2.45, 2.75) is 39.2 Å². The quantitative estimate of drug-likeness (QED) is 0.908. The molecule has 2 aromatic rings. The summed E-state index contributed by atoms with van der Waals surface area (Å²) in [6.07, 6.45) is 1.12. The minimum Gasteiger partial charge on any atom is -0.439 e. The second-order valence-electron chi connectivity index (χ2n) is 5.98. The number of ether oxygens (including phenoxy) is 1. The lowest BCUT2D eigenvalue weighted by Gasteiger charge is -2.19. The van der Waals surface area contributed by atoms with E-state index in [1.807, 2.05) is 18.2 Å². The molecule has 0 amide bonds. The van der Waals surface area contributed by atoms with Crippen LogP contribution in [0.3, 0.4) is 0 Å². The van der Waals surface area contributed by atoms with Gasteiger partial charge in [-0.2, -0.15) is 0 Å². The van der Waals surface area contributed by atoms with E-state index in [0.29, 0.717) is 5.88 Å². The third kappa shape index (κ3) is 3.58. The molecule has 0 saturated carbocycles. The number of aromatic nitrogens is 1. The number of hydrogen-bond acceptors (Lipinski definition) is 3. The van der Waals surface area contributed by atoms with Gasteiger partial charge < -0.3 is 9.84 Å². The zero-order chi connectivity index (χ0) is 14.8. The van der Waals surface area contributed by atoms with Gasteiger partial charge in [-0.3, -0.25) is 0 Å². The Balaban J connectivity index is 2.10. The lowest BCUT2D eigenvalue weighted by molar-refractivity contribution is 0.198. The highest BCUT2D eigenvalue weighted by atomic mass is 16.5. The molecule has 1 atom stereocenters. The van der Waals surface area contributed by atoms with E-state index in [1.54, 1.807) is 19.2 Å². The number of rotatable bonds is 3. The first-order valence-corrected chi connectivity index (χ1v) is 6.79. The SMILES string of the molecule is C[C@@H](O)c1ccc(Oc2ccc(C(C)(C)C)cc2)nc1. The van der Waals surface area contributed by atoms with E-state index in [9.17, 15) is 5.11 Å². The van der Waals surface area contributed by atoms with E-state index >= 15 is 0 Å². The predicted molar refractivity (Wildman–Crippen MR) is 80.1 cm³/mol. The lowest BCUT2D eigenvalue weighted by Crippen LogP contribution is -2.10. The van der Waals surface area contributed by atoms with Crippen LogP contribution in [-0.4, -0.2) is 10.1 Å². The molecule has 3 nitrogen and oxygen atoms in total. The number of aliphatic hydroxyl groups excluding tert-OH is 1. The first-order valence-electron chi connectivity index (χ1n) is 6.79. The summed E-state index contributed by atoms with van der Waals surface area (Å²) in [7, 11) is 0. The molecule has 0 radical (unpaired) electrons. The summed E-state index contributed by atoms with van der Waals surface area (Å²) in [6.45, 7) is 8.25. The van der Waals surface area contributed by atoms with Crippen LogP contribution in [0, 0.1) is 0 Å². The van der Waals surface area contributed by atoms with Gasteiger partial charge in [0, 0.05) is 12.3 Å². The van der Waals surface area contributed by atoms with Gasteiger partial charge >= 0.3 is 0 Å². The Kier molecular flexibility index (Phi) is 4.09. The lowest BCUT2D eigenvalue weighted by atomic mass is 9.87. The maximum atomic E-state index is 9.43. The normalized spacial score (nSPS) is 13.1. The highest BCUT2D eigenvalue weighted by molar-refractivity contribution is 5.33. The number of aliphatic hydroxyl groups is 1. The number of benzene rings is 1. The first-order chi connectivity index (χ1) is 9.36. The van der Waals surface area contributed by atoms with Crippen molar-refractivity contribution in [3.63, 3.8) is 0 Å². The Morgan fingerprint density at radius 1 is 1.05 bits per heavy atom. The molecule has 1 N–H and O–H groups in total. The van der Waals surface area contributed by atoms with Crippen molar-refractivity contribution >= 4 is 0 Å². The van der Waals surface area contributed by atoms with Gasteiger partial charge in [0.1, 0.15) is 5.75 Å². The molecular formula is C17H21NO2. The topological polar surface area (TPSA) is 42.4 Å². The average molecular weight is 271 g/mol. The summed E-state index contributed by atoms with van der Waals surface area (Å²) in [4.78, 5) is 4.18. The van der Waals surface area contributed by atoms with Crippen molar-refractivity contribution in [2.24, 2.45) is 0 Å². The zero-order valence-electron chi connectivity index (χ0n) is 12.4. The van der Waals surface area contributed by atoms with E-state index < -0.39 is 6.10 Å². The largest absolute Gasteiger partial charge is 0.439 e. The van der Waals surface area contributed by atoms with Crippen LogP contribution in [0.1, 0.15) is 44.9 Å². The molecule has 1 aromatic carbocycles. The molecule has 20 heavy (non-hydrogen) atoms. The summed E-state index contributed by atoms with van der Waals surface area (Å²) in [6, 6.07) is 11.6. The Labute approximate surface area is 120 Å². The van der Waals surface area contributed by atoms with Crippen LogP contribution < -0.4 is 4.74 Å². The van der Waals surface area contributed by atoms with Crippen LogP contribution in [0.4, 0.5) is 0 Å². The molecule has 0 aliphatic rings. The van der Waals surface area contributed by atoms with Crippen LogP contribution in [0.5, 0.6) is 11.6 Å². The van der Waals surface area contributed by atoms with Crippen molar-refractivity contribution in [1.82, 2.24) is 4.98 Å². The van der Waals surface area contributed by atoms with Gasteiger partial charge in [-0.25, -0.2) is 4.98 Å². The Bertz CT molecular complexity index is 551. The maximum absolute atomic E-state index is 9.43. The summed E-state index contributed by atoms with van der Waals surface area (Å²) in [5, 5.41) is 9.43. The van der Waals surface area contributed by atoms with Crippen LogP contribution in [-0.2, 0) is 5.41 Å². The second kappa shape index (κ2) is 5.63. The molecule has 0 aliphatic heterocycles. The summed E-state index contributed by atoms with van der Waals surface area (Å²) >= 11 is 0. The van der Waals surface area contributed by atoms with E-state index in [1.165, 1.54) is 5.56 Å². The fourth-order valence-electron chi connectivity index (χ4n) is 1.84. The molecule has 0 unspecified atom stereocenters. The van der Waals surface area contributed by atoms with Crippen molar-refractivity contribution in [3.8, 4) is 11.6 Å². The third-order valence-corrected chi connectivity index (χ3v) is 3.18. The van der Waals surface area contributed by atoms with Gasteiger partial charge in [-0.1, -0.05) is 32.9 Å². The number of nitrogens with zero attached hydrogens (tertiary/aromatic N) is 1. The Morgan fingerprint density at radius 2 is 1.70 bits per heavy atom. The van der Waals surface area contributed by atoms with Gasteiger partial charge in [-0.15, -0.1) is 0 Å². The summed E-state index contributed by atoms with van der Waals surface area (Å²) in [5.74, 6) is 1.29. The minimum atomic E-state index is -0.511. The van der Waals surface area contributed by atoms with Crippen molar-refractivity contribution < 1.29 is 9.84 Å². The van der Waals surface area contributed by atoms with Crippen LogP contribution in [0.25, 0.3) is 0 Å². The highest BCUT2D eigenvalue weighted by Crippen LogP contribution is 2.26. The van der Waals surface area contributed by atoms with Crippen LogP contribution in [0.2, 0.25) is 0 Å². The van der Waals surface area contributed by atoms with Crippen molar-refractivity contribution in [3.05, 3.63) is 53.7 Å². The molecule has 1 aromatic heterocycles. The molecule has 0 bridgehead atoms. The smallest absolute Gasteiger partial charge is 0.219 e. The van der Waals surface area contributed by atoms with E-state index in [2.05, 4.69) is 37.9 Å². The van der Waals surface area contributed by atoms with Crippen LogP contribution in [0.15, 0.2) is 42.6 Å². The highest BCUT2D eigenvalue weighted by Gasteiger charge is 2.13. The van der Waals surface area contributed by atoms with Crippen molar-refractivity contribution in [1.29, 1.82) is 0 Å². The molecule has 0 aliphatic carbocycles. The maximum Gasteiger partial charge on any atom is 0.219 e. The second-order valence-corrected chi connectivity index (χ2v) is 5.98. The Morgan fingerprint density at radius 3 is 2.15 bits per heavy atom. The molecule has 3 heteroatoms. The molecule has 2 rings (SSSR count). The van der Waals surface area contributed by atoms with E-state index in [0.717, 1.165) is 11.3 Å². The summed E-state index contributed by atoms with van der Waals surface area (Å²) in [5.41, 5.74) is 2.18. The predicted octanol–water partition coefficient (Wildman–Crippen LogP) is 4.22. The fraction of sp³-hybridized carbons (Fsp3) is 0.353. The Hall–Kier alpha value is -1.87. The number of pyridine rings is 1. The zero-order valence-corrected chi connectivity index (χ0v) is 12.4. The fourth-order valence-corrected chi connectivity index (χ4v) is 1.84. The van der Waals surface area contributed by atoms with E-state index in [-0.39, 0.29) is 5.41 Å². The molecule has 106 valence electrons. The van der Waals surface area contributed by atoms with Crippen molar-refractivity contribution in [2.75, 3.05) is 0 Å². The van der Waals surface area contributed by atoms with Crippen LogP contribution >= 0.6 is 0 Å². The van der Waals surface area contributed by atoms with Gasteiger partial charge in [0.05, 0.1) is 6.10 Å². The molecular weight excluding hydrogens is 250 g/mol. The summed E-state index contributed by atoms with van der Waals surface area (Å²) < 4.78 is 5.69. The minimum absolute atomic E-state index is 0.135. The van der Waals surface area contributed by atoms with E-state index in [4.69, 9.17) is 4.74 Å². The molecule has 0 spiro atoms. The standard InChI is InChI=1S/C17H21NO2/c1-12(19)13-5-10-16(18-11-13)20-15-8-6-14(7-9-15)17(2,3)4/h5-12,19H,1-4H3/t12-/m1/s1. The van der Waals surface area contributed by atoms with Gasteiger partial charge in [0.25, 0.3) is 0 Å². The first kappa shape index (κ1) is 14.5. The van der Waals surface area contributed by atoms with Gasteiger partial charge in [0.15, 0.2) is 0 Å². The number of hydrogen-bond donors (Lipinski definition) is 1. The van der Waals surface area contributed by atoms with Gasteiger partial charge in [-0.05, 0) is 41.7 Å².